The molecule has 0 saturated heterocycles. The highest BCUT2D eigenvalue weighted by atomic mass is 35.5. The van der Waals surface area contributed by atoms with Crippen molar-refractivity contribution in [2.24, 2.45) is 4.99 Å². The summed E-state index contributed by atoms with van der Waals surface area (Å²) in [5, 5.41) is 14.3. The first kappa shape index (κ1) is 19.0. The number of nitrogens with one attached hydrogen (secondary N) is 1. The summed E-state index contributed by atoms with van der Waals surface area (Å²) in [5.74, 6) is -0.674. The van der Waals surface area contributed by atoms with Gasteiger partial charge in [-0.25, -0.2) is 0 Å². The van der Waals surface area contributed by atoms with E-state index in [-0.39, 0.29) is 17.4 Å². The lowest BCUT2D eigenvalue weighted by atomic mass is 10.1. The third kappa shape index (κ3) is 5.34. The highest BCUT2D eigenvalue weighted by molar-refractivity contribution is 6.33. The van der Waals surface area contributed by atoms with Gasteiger partial charge in [-0.1, -0.05) is 35.3 Å². The molecule has 0 fully saturated rings. The van der Waals surface area contributed by atoms with Gasteiger partial charge in [0.05, 0.1) is 10.7 Å². The molecular weight excluding hydrogens is 359 g/mol. The maximum absolute atomic E-state index is 12.5. The fraction of sp³-hybridized carbons (Fsp3) is 0.158. The molecule has 0 spiro atoms. The molecule has 0 heterocycles. The molecule has 1 amide bonds. The van der Waals surface area contributed by atoms with E-state index in [0.717, 1.165) is 0 Å². The van der Waals surface area contributed by atoms with Crippen molar-refractivity contribution < 1.29 is 9.90 Å². The van der Waals surface area contributed by atoms with Crippen LogP contribution in [0.2, 0.25) is 10.0 Å². The molecule has 0 aliphatic carbocycles. The van der Waals surface area contributed by atoms with Gasteiger partial charge < -0.3 is 10.4 Å². The average Bonchev–Trinajstić information content (AvgIpc) is 2.56. The SMILES string of the molecule is CC(C)NC(=O)/C(C=Nc1ccc(Cl)cc1)=C(/O)c1ccccc1Cl. The predicted octanol–water partition coefficient (Wildman–Crippen LogP) is 5.19. The zero-order valence-electron chi connectivity index (χ0n) is 13.8. The Labute approximate surface area is 156 Å². The molecule has 4 nitrogen and oxygen atoms in total. The van der Waals surface area contributed by atoms with E-state index >= 15 is 0 Å². The van der Waals surface area contributed by atoms with E-state index in [1.807, 2.05) is 13.8 Å². The van der Waals surface area contributed by atoms with Gasteiger partial charge in [0.15, 0.2) is 0 Å². The van der Waals surface area contributed by atoms with Crippen molar-refractivity contribution in [3.05, 3.63) is 69.7 Å². The second-order valence-corrected chi connectivity index (χ2v) is 6.45. The highest BCUT2D eigenvalue weighted by Gasteiger charge is 2.17. The summed E-state index contributed by atoms with van der Waals surface area (Å²) in [6, 6.07) is 13.5. The maximum Gasteiger partial charge on any atom is 0.256 e. The first-order valence-corrected chi connectivity index (χ1v) is 8.42. The molecule has 0 bridgehead atoms. The van der Waals surface area contributed by atoms with Crippen LogP contribution in [0.5, 0.6) is 0 Å². The average molecular weight is 377 g/mol. The number of hydrogen-bond donors (Lipinski definition) is 2. The Balaban J connectivity index is 2.45. The zero-order valence-corrected chi connectivity index (χ0v) is 15.3. The van der Waals surface area contributed by atoms with Gasteiger partial charge in [-0.15, -0.1) is 0 Å². The summed E-state index contributed by atoms with van der Waals surface area (Å²) >= 11 is 12.0. The molecule has 2 aromatic rings. The fourth-order valence-electron chi connectivity index (χ4n) is 2.03. The minimum atomic E-state index is -0.440. The Bertz CT molecular complexity index is 812. The number of amides is 1. The van der Waals surface area contributed by atoms with Crippen LogP contribution in [0.15, 0.2) is 59.1 Å². The monoisotopic (exact) mass is 376 g/mol. The minimum Gasteiger partial charge on any atom is -0.506 e. The number of aliphatic imine (C=N–C) groups is 1. The van der Waals surface area contributed by atoms with E-state index in [2.05, 4.69) is 10.3 Å². The van der Waals surface area contributed by atoms with Crippen molar-refractivity contribution in [1.29, 1.82) is 0 Å². The smallest absolute Gasteiger partial charge is 0.256 e. The first-order chi connectivity index (χ1) is 11.9. The number of rotatable bonds is 5. The highest BCUT2D eigenvalue weighted by Crippen LogP contribution is 2.24. The lowest BCUT2D eigenvalue weighted by Gasteiger charge is -2.11. The van der Waals surface area contributed by atoms with Gasteiger partial charge in [-0.2, -0.15) is 0 Å². The molecule has 6 heteroatoms. The van der Waals surface area contributed by atoms with Crippen LogP contribution in [-0.2, 0) is 4.79 Å². The third-order valence-electron chi connectivity index (χ3n) is 3.22. The lowest BCUT2D eigenvalue weighted by molar-refractivity contribution is -0.117. The Kier molecular flexibility index (Phi) is 6.62. The second kappa shape index (κ2) is 8.70. The Morgan fingerprint density at radius 2 is 1.76 bits per heavy atom. The third-order valence-corrected chi connectivity index (χ3v) is 3.80. The molecule has 25 heavy (non-hydrogen) atoms. The summed E-state index contributed by atoms with van der Waals surface area (Å²) in [5.41, 5.74) is 0.989. The maximum atomic E-state index is 12.5. The number of aliphatic hydroxyl groups excluding tert-OH is 1. The fourth-order valence-corrected chi connectivity index (χ4v) is 2.38. The normalized spacial score (nSPS) is 12.4. The van der Waals surface area contributed by atoms with Gasteiger partial charge in [0, 0.05) is 22.8 Å². The van der Waals surface area contributed by atoms with E-state index in [1.54, 1.807) is 48.5 Å². The van der Waals surface area contributed by atoms with Crippen molar-refractivity contribution in [2.45, 2.75) is 19.9 Å². The van der Waals surface area contributed by atoms with E-state index in [0.29, 0.717) is 21.3 Å². The van der Waals surface area contributed by atoms with Crippen LogP contribution < -0.4 is 5.32 Å². The van der Waals surface area contributed by atoms with Crippen LogP contribution in [0.4, 0.5) is 5.69 Å². The molecule has 0 atom stereocenters. The number of aliphatic hydroxyl groups is 1. The van der Waals surface area contributed by atoms with Crippen molar-refractivity contribution in [2.75, 3.05) is 0 Å². The largest absolute Gasteiger partial charge is 0.506 e. The molecule has 0 saturated carbocycles. The van der Waals surface area contributed by atoms with E-state index in [4.69, 9.17) is 23.2 Å². The summed E-state index contributed by atoms with van der Waals surface area (Å²) < 4.78 is 0. The molecule has 2 aromatic carbocycles. The summed E-state index contributed by atoms with van der Waals surface area (Å²) in [6.07, 6.45) is 1.32. The zero-order chi connectivity index (χ0) is 18.4. The van der Waals surface area contributed by atoms with E-state index in [1.165, 1.54) is 6.21 Å². The second-order valence-electron chi connectivity index (χ2n) is 5.60. The summed E-state index contributed by atoms with van der Waals surface area (Å²) in [4.78, 5) is 16.7. The van der Waals surface area contributed by atoms with Crippen LogP contribution in [0.1, 0.15) is 19.4 Å². The number of benzene rings is 2. The lowest BCUT2D eigenvalue weighted by Crippen LogP contribution is -2.32. The van der Waals surface area contributed by atoms with Gasteiger partial charge in [-0.05, 0) is 50.2 Å². The van der Waals surface area contributed by atoms with E-state index < -0.39 is 5.91 Å². The topological polar surface area (TPSA) is 61.7 Å². The Morgan fingerprint density at radius 1 is 1.12 bits per heavy atom. The molecular formula is C19H18Cl2N2O2. The molecule has 0 unspecified atom stereocenters. The van der Waals surface area contributed by atoms with Gasteiger partial charge in [0.25, 0.3) is 5.91 Å². The quantitative estimate of drug-likeness (QED) is 0.428. The van der Waals surface area contributed by atoms with Gasteiger partial charge in [0.2, 0.25) is 0 Å². The molecule has 0 aromatic heterocycles. The standard InChI is InChI=1S/C19H18Cl2N2O2/c1-12(2)23-19(25)16(11-22-14-9-7-13(20)8-10-14)18(24)15-5-3-4-6-17(15)21/h3-12,24H,1-2H3,(H,23,25)/b18-16+,22-11?. The minimum absolute atomic E-state index is 0.0248. The van der Waals surface area contributed by atoms with Crippen molar-refractivity contribution >= 4 is 46.8 Å². The summed E-state index contributed by atoms with van der Waals surface area (Å²) in [7, 11) is 0. The summed E-state index contributed by atoms with van der Waals surface area (Å²) in [6.45, 7) is 3.66. The first-order valence-electron chi connectivity index (χ1n) is 7.67. The van der Waals surface area contributed by atoms with Gasteiger partial charge in [0.1, 0.15) is 11.3 Å². The Hall–Kier alpha value is -2.30. The van der Waals surface area contributed by atoms with Crippen LogP contribution >= 0.6 is 23.2 Å². The van der Waals surface area contributed by atoms with Crippen LogP contribution in [0.3, 0.4) is 0 Å². The predicted molar refractivity (Wildman–Crippen MR) is 104 cm³/mol. The van der Waals surface area contributed by atoms with Gasteiger partial charge in [-0.3, -0.25) is 9.79 Å². The molecule has 0 radical (unpaired) electrons. The molecule has 2 rings (SSSR count). The van der Waals surface area contributed by atoms with Crippen molar-refractivity contribution in [3.63, 3.8) is 0 Å². The molecule has 0 aliphatic heterocycles. The van der Waals surface area contributed by atoms with Crippen LogP contribution in [-0.4, -0.2) is 23.3 Å². The number of hydrogen-bond acceptors (Lipinski definition) is 3. The number of nitrogens with zero attached hydrogens (tertiary/aromatic N) is 1. The number of carbonyl (C=O) groups excluding carboxylic acids is 1. The number of halogens is 2. The molecule has 2 N–H and O–H groups in total. The van der Waals surface area contributed by atoms with Gasteiger partial charge >= 0.3 is 0 Å². The Morgan fingerprint density at radius 3 is 2.36 bits per heavy atom. The molecule has 130 valence electrons. The van der Waals surface area contributed by atoms with Crippen LogP contribution in [0.25, 0.3) is 5.76 Å². The van der Waals surface area contributed by atoms with E-state index in [9.17, 15) is 9.90 Å². The number of carbonyl (C=O) groups is 1. The van der Waals surface area contributed by atoms with Crippen molar-refractivity contribution in [1.82, 2.24) is 5.32 Å². The van der Waals surface area contributed by atoms with Crippen LogP contribution in [0, 0.1) is 0 Å². The molecule has 0 aliphatic rings. The van der Waals surface area contributed by atoms with Crippen molar-refractivity contribution in [3.8, 4) is 0 Å².